The van der Waals surface area contributed by atoms with Crippen molar-refractivity contribution in [2.45, 2.75) is 30.9 Å². The van der Waals surface area contributed by atoms with Crippen LogP contribution in [0.1, 0.15) is 30.7 Å². The van der Waals surface area contributed by atoms with E-state index in [2.05, 4.69) is 0 Å². The highest BCUT2D eigenvalue weighted by Crippen LogP contribution is 2.59. The molecule has 1 amide bonds. The van der Waals surface area contributed by atoms with E-state index >= 15 is 0 Å². The highest BCUT2D eigenvalue weighted by atomic mass is 16.5. The predicted octanol–water partition coefficient (Wildman–Crippen LogP) is 0.497. The molecule has 4 rings (SSSR count). The number of carboxylic acids is 1. The summed E-state index contributed by atoms with van der Waals surface area (Å²) in [4.78, 5) is 25.7. The molecule has 2 aliphatic heterocycles. The van der Waals surface area contributed by atoms with E-state index in [1.807, 2.05) is 24.3 Å². The Hall–Kier alpha value is -2.04. The van der Waals surface area contributed by atoms with Crippen LogP contribution in [0.3, 0.4) is 0 Å². The van der Waals surface area contributed by atoms with Crippen LogP contribution < -0.4 is 9.84 Å². The molecular formula is C16H16NO4-. The summed E-state index contributed by atoms with van der Waals surface area (Å²) in [5, 5.41) is 11.6. The number of likely N-dealkylation sites (tertiary alicyclic amines) is 1. The number of rotatable bonds is 1. The van der Waals surface area contributed by atoms with Crippen LogP contribution in [-0.2, 0) is 9.59 Å². The van der Waals surface area contributed by atoms with Gasteiger partial charge in [-0.2, -0.15) is 0 Å². The lowest BCUT2D eigenvalue weighted by Crippen LogP contribution is -2.67. The summed E-state index contributed by atoms with van der Waals surface area (Å²) in [5.74, 6) is -2.41. The summed E-state index contributed by atoms with van der Waals surface area (Å²) in [6, 6.07) is 7.46. The number of carbonyl (C=O) groups excluding carboxylic acids is 2. The molecule has 1 saturated carbocycles. The molecule has 0 radical (unpaired) electrons. The van der Waals surface area contributed by atoms with E-state index in [9.17, 15) is 14.7 Å². The van der Waals surface area contributed by atoms with Gasteiger partial charge in [-0.05, 0) is 24.5 Å². The number of ether oxygens (including phenoxy) is 1. The zero-order valence-electron chi connectivity index (χ0n) is 11.7. The Morgan fingerprint density at radius 2 is 2.19 bits per heavy atom. The standard InChI is InChI=1S/C16H17NO4/c1-17-14(18)13(15(19)20)12-9-5-2-3-7-11(9)21-16(17)8-4-6-10(12)16/h2-3,5,7,10,12-13H,4,6,8H2,1H3,(H,19,20)/p-1/t10-,12+,13-,16-/m1/s1. The van der Waals surface area contributed by atoms with Crippen LogP contribution in [0.15, 0.2) is 24.3 Å². The lowest BCUT2D eigenvalue weighted by molar-refractivity contribution is -0.314. The van der Waals surface area contributed by atoms with Gasteiger partial charge < -0.3 is 19.5 Å². The smallest absolute Gasteiger partial charge is 0.234 e. The molecule has 2 fully saturated rings. The number of piperidine rings is 1. The fourth-order valence-corrected chi connectivity index (χ4v) is 4.52. The quantitative estimate of drug-likeness (QED) is 0.705. The van der Waals surface area contributed by atoms with Crippen molar-refractivity contribution >= 4 is 11.9 Å². The Morgan fingerprint density at radius 3 is 2.95 bits per heavy atom. The minimum absolute atomic E-state index is 0.0259. The SMILES string of the molecule is CN1C(=O)[C@H](C(=O)[O-])[C@H]2c3ccccc3O[C@@]13CCC[C@H]23. The van der Waals surface area contributed by atoms with Gasteiger partial charge in [-0.15, -0.1) is 0 Å². The number of hydrogen-bond acceptors (Lipinski definition) is 4. The maximum Gasteiger partial charge on any atom is 0.234 e. The molecule has 5 heteroatoms. The topological polar surface area (TPSA) is 69.7 Å². The van der Waals surface area contributed by atoms with Gasteiger partial charge >= 0.3 is 0 Å². The molecule has 1 aromatic rings. The van der Waals surface area contributed by atoms with Crippen molar-refractivity contribution in [3.8, 4) is 5.75 Å². The largest absolute Gasteiger partial charge is 0.549 e. The summed E-state index contributed by atoms with van der Waals surface area (Å²) < 4.78 is 6.22. The highest BCUT2D eigenvalue weighted by Gasteiger charge is 2.63. The van der Waals surface area contributed by atoms with Crippen LogP contribution in [0.25, 0.3) is 0 Å². The van der Waals surface area contributed by atoms with E-state index in [4.69, 9.17) is 4.74 Å². The third kappa shape index (κ3) is 1.41. The van der Waals surface area contributed by atoms with Crippen LogP contribution in [0.2, 0.25) is 0 Å². The maximum absolute atomic E-state index is 12.6. The Morgan fingerprint density at radius 1 is 1.43 bits per heavy atom. The van der Waals surface area contributed by atoms with Crippen molar-refractivity contribution in [1.29, 1.82) is 0 Å². The molecule has 1 aliphatic carbocycles. The number of carboxylic acid groups (broad SMARTS) is 1. The van der Waals surface area contributed by atoms with Gasteiger partial charge in [0.05, 0.1) is 11.9 Å². The van der Waals surface area contributed by atoms with Crippen molar-refractivity contribution < 1.29 is 19.4 Å². The Balaban J connectivity index is 1.97. The van der Waals surface area contributed by atoms with E-state index in [1.165, 1.54) is 4.90 Å². The van der Waals surface area contributed by atoms with Crippen molar-refractivity contribution in [1.82, 2.24) is 4.90 Å². The van der Waals surface area contributed by atoms with Gasteiger partial charge in [0.25, 0.3) is 0 Å². The molecule has 21 heavy (non-hydrogen) atoms. The summed E-state index contributed by atoms with van der Waals surface area (Å²) in [7, 11) is 1.65. The zero-order chi connectivity index (χ0) is 14.8. The fourth-order valence-electron chi connectivity index (χ4n) is 4.52. The van der Waals surface area contributed by atoms with E-state index in [0.29, 0.717) is 5.75 Å². The fraction of sp³-hybridized carbons (Fsp3) is 0.500. The van der Waals surface area contributed by atoms with Crippen molar-refractivity contribution in [3.05, 3.63) is 29.8 Å². The molecule has 3 aliphatic rings. The Kier molecular flexibility index (Phi) is 2.41. The second kappa shape index (κ2) is 4.00. The minimum atomic E-state index is -1.28. The number of hydrogen-bond donors (Lipinski definition) is 0. The van der Waals surface area contributed by atoms with Gasteiger partial charge in [0, 0.05) is 25.3 Å². The Labute approximate surface area is 122 Å². The maximum atomic E-state index is 12.6. The third-order valence-corrected chi connectivity index (χ3v) is 5.41. The molecule has 1 saturated heterocycles. The number of amides is 1. The van der Waals surface area contributed by atoms with E-state index in [-0.39, 0.29) is 11.8 Å². The van der Waals surface area contributed by atoms with Crippen LogP contribution in [0.4, 0.5) is 0 Å². The van der Waals surface area contributed by atoms with E-state index < -0.39 is 23.5 Å². The van der Waals surface area contributed by atoms with Crippen molar-refractivity contribution in [2.24, 2.45) is 11.8 Å². The highest BCUT2D eigenvalue weighted by molar-refractivity contribution is 5.98. The van der Waals surface area contributed by atoms with Crippen molar-refractivity contribution in [2.75, 3.05) is 7.05 Å². The molecule has 0 N–H and O–H groups in total. The molecule has 1 aromatic carbocycles. The molecule has 0 unspecified atom stereocenters. The molecule has 4 atom stereocenters. The molecular weight excluding hydrogens is 270 g/mol. The monoisotopic (exact) mass is 286 g/mol. The number of nitrogens with zero attached hydrogens (tertiary/aromatic N) is 1. The second-order valence-corrected chi connectivity index (χ2v) is 6.20. The number of aliphatic carboxylic acids is 1. The average molecular weight is 286 g/mol. The number of para-hydroxylation sites is 1. The minimum Gasteiger partial charge on any atom is -0.549 e. The Bertz CT molecular complexity index is 643. The first-order valence-electron chi connectivity index (χ1n) is 7.33. The van der Waals surface area contributed by atoms with Gasteiger partial charge in [-0.25, -0.2) is 0 Å². The molecule has 2 bridgehead atoms. The van der Waals surface area contributed by atoms with E-state index in [0.717, 1.165) is 24.8 Å². The predicted molar refractivity (Wildman–Crippen MR) is 71.2 cm³/mol. The van der Waals surface area contributed by atoms with Gasteiger partial charge in [-0.1, -0.05) is 18.2 Å². The summed E-state index contributed by atoms with van der Waals surface area (Å²) in [5.41, 5.74) is 0.151. The number of fused-ring (bicyclic) bond motifs is 2. The summed E-state index contributed by atoms with van der Waals surface area (Å²) in [6.07, 6.45) is 2.57. The van der Waals surface area contributed by atoms with Gasteiger partial charge in [0.1, 0.15) is 5.75 Å². The lowest BCUT2D eigenvalue weighted by Gasteiger charge is -2.56. The van der Waals surface area contributed by atoms with Crippen LogP contribution in [0.5, 0.6) is 5.75 Å². The van der Waals surface area contributed by atoms with Gasteiger partial charge in [0.2, 0.25) is 5.91 Å². The number of benzene rings is 1. The lowest BCUT2D eigenvalue weighted by atomic mass is 9.67. The molecule has 0 spiro atoms. The average Bonchev–Trinajstić information content (AvgIpc) is 2.89. The zero-order valence-corrected chi connectivity index (χ0v) is 11.7. The van der Waals surface area contributed by atoms with Crippen LogP contribution >= 0.6 is 0 Å². The van der Waals surface area contributed by atoms with Gasteiger partial charge in [-0.3, -0.25) is 4.79 Å². The van der Waals surface area contributed by atoms with Crippen LogP contribution in [-0.4, -0.2) is 29.5 Å². The third-order valence-electron chi connectivity index (χ3n) is 5.41. The molecule has 5 nitrogen and oxygen atoms in total. The second-order valence-electron chi connectivity index (χ2n) is 6.20. The summed E-state index contributed by atoms with van der Waals surface area (Å²) in [6.45, 7) is 0. The first kappa shape index (κ1) is 12.7. The van der Waals surface area contributed by atoms with Gasteiger partial charge in [0.15, 0.2) is 5.72 Å². The normalized spacial score (nSPS) is 36.7. The van der Waals surface area contributed by atoms with E-state index in [1.54, 1.807) is 7.05 Å². The molecule has 2 heterocycles. The molecule has 0 aromatic heterocycles. The van der Waals surface area contributed by atoms with Crippen molar-refractivity contribution in [3.63, 3.8) is 0 Å². The summed E-state index contributed by atoms with van der Waals surface area (Å²) >= 11 is 0. The number of carbonyl (C=O) groups is 2. The first-order valence-corrected chi connectivity index (χ1v) is 7.33. The van der Waals surface area contributed by atoms with Crippen LogP contribution in [0, 0.1) is 11.8 Å². The first-order chi connectivity index (χ1) is 10.1. The molecule has 110 valence electrons.